The number of aromatic nitrogens is 2. The molecule has 0 spiro atoms. The summed E-state index contributed by atoms with van der Waals surface area (Å²) in [7, 11) is 1.41. The molecule has 8 nitrogen and oxygen atoms in total. The molecule has 0 saturated carbocycles. The average Bonchev–Trinajstić information content (AvgIpc) is 3.04. The van der Waals surface area contributed by atoms with Crippen LogP contribution in [0.2, 0.25) is 0 Å². The number of carboxylic acids is 1. The molecule has 21 heavy (non-hydrogen) atoms. The summed E-state index contributed by atoms with van der Waals surface area (Å²) in [4.78, 5) is 27.2. The van der Waals surface area contributed by atoms with Gasteiger partial charge in [-0.05, 0) is 19.0 Å². The summed E-state index contributed by atoms with van der Waals surface area (Å²) in [6, 6.07) is 0.906. The van der Waals surface area contributed by atoms with Crippen LogP contribution >= 0.6 is 11.3 Å². The molecule has 112 valence electrons. The Balaban J connectivity index is 2.10. The van der Waals surface area contributed by atoms with Gasteiger partial charge in [0, 0.05) is 0 Å². The second-order valence-corrected chi connectivity index (χ2v) is 5.23. The van der Waals surface area contributed by atoms with Crippen LogP contribution < -0.4 is 10.1 Å². The molecule has 0 bridgehead atoms. The van der Waals surface area contributed by atoms with Crippen molar-refractivity contribution in [3.05, 3.63) is 27.4 Å². The van der Waals surface area contributed by atoms with Gasteiger partial charge in [0.2, 0.25) is 5.76 Å². The van der Waals surface area contributed by atoms with Crippen molar-refractivity contribution in [1.82, 2.24) is 15.5 Å². The van der Waals surface area contributed by atoms with Crippen molar-refractivity contribution in [1.29, 1.82) is 0 Å². The number of aromatic carboxylic acids is 1. The lowest BCUT2D eigenvalue weighted by Gasteiger charge is -2.08. The highest BCUT2D eigenvalue weighted by atomic mass is 32.1. The maximum absolute atomic E-state index is 11.9. The van der Waals surface area contributed by atoms with Gasteiger partial charge in [-0.15, -0.1) is 11.3 Å². The van der Waals surface area contributed by atoms with E-state index >= 15 is 0 Å². The molecule has 0 saturated heterocycles. The monoisotopic (exact) mass is 311 g/mol. The number of methoxy groups -OCH3 is 1. The molecule has 0 radical (unpaired) electrons. The van der Waals surface area contributed by atoms with Crippen LogP contribution in [0.15, 0.2) is 10.6 Å². The van der Waals surface area contributed by atoms with Gasteiger partial charge in [-0.1, -0.05) is 0 Å². The molecule has 9 heteroatoms. The van der Waals surface area contributed by atoms with Crippen molar-refractivity contribution < 1.29 is 24.0 Å². The molecule has 0 aromatic carbocycles. The molecule has 0 fully saturated rings. The first kappa shape index (κ1) is 15.0. The molecule has 1 atom stereocenters. The Morgan fingerprint density at radius 1 is 1.52 bits per heavy atom. The lowest BCUT2D eigenvalue weighted by atomic mass is 10.3. The van der Waals surface area contributed by atoms with Gasteiger partial charge in [0.1, 0.15) is 9.88 Å². The summed E-state index contributed by atoms with van der Waals surface area (Å²) in [6.07, 6.45) is 0. The molecule has 1 unspecified atom stereocenters. The summed E-state index contributed by atoms with van der Waals surface area (Å²) < 4.78 is 9.64. The van der Waals surface area contributed by atoms with E-state index in [1.807, 2.05) is 0 Å². The SMILES string of the molecule is COc1cc(C(=O)NC(C)c2nc(C)c(C(=O)O)s2)on1. The Morgan fingerprint density at radius 3 is 2.76 bits per heavy atom. The van der Waals surface area contributed by atoms with Gasteiger partial charge in [0.25, 0.3) is 11.8 Å². The number of nitrogens with one attached hydrogen (secondary N) is 1. The highest BCUT2D eigenvalue weighted by Gasteiger charge is 2.21. The first-order valence-electron chi connectivity index (χ1n) is 5.94. The van der Waals surface area contributed by atoms with E-state index in [4.69, 9.17) is 14.4 Å². The van der Waals surface area contributed by atoms with Gasteiger partial charge in [-0.3, -0.25) is 4.79 Å². The zero-order valence-electron chi connectivity index (χ0n) is 11.5. The first-order valence-corrected chi connectivity index (χ1v) is 6.76. The number of hydrogen-bond acceptors (Lipinski definition) is 7. The third-order valence-electron chi connectivity index (χ3n) is 2.65. The molecular weight excluding hydrogens is 298 g/mol. The first-order chi connectivity index (χ1) is 9.92. The summed E-state index contributed by atoms with van der Waals surface area (Å²) in [5.41, 5.74) is 0.421. The summed E-state index contributed by atoms with van der Waals surface area (Å²) in [6.45, 7) is 3.31. The normalized spacial score (nSPS) is 12.0. The molecule has 2 rings (SSSR count). The molecule has 0 aliphatic heterocycles. The van der Waals surface area contributed by atoms with E-state index in [0.717, 1.165) is 11.3 Å². The fraction of sp³-hybridized carbons (Fsp3) is 0.333. The van der Waals surface area contributed by atoms with Crippen LogP contribution in [0.4, 0.5) is 0 Å². The fourth-order valence-corrected chi connectivity index (χ4v) is 2.50. The Hall–Kier alpha value is -2.42. The van der Waals surface area contributed by atoms with Gasteiger partial charge in [0.15, 0.2) is 0 Å². The highest BCUT2D eigenvalue weighted by Crippen LogP contribution is 2.24. The highest BCUT2D eigenvalue weighted by molar-refractivity contribution is 7.13. The zero-order chi connectivity index (χ0) is 15.6. The Kier molecular flexibility index (Phi) is 4.22. The minimum absolute atomic E-state index is 0.00503. The van der Waals surface area contributed by atoms with Gasteiger partial charge in [-0.2, -0.15) is 0 Å². The van der Waals surface area contributed by atoms with Crippen LogP contribution in [0.3, 0.4) is 0 Å². The van der Waals surface area contributed by atoms with Crippen LogP contribution in [-0.4, -0.2) is 34.2 Å². The average molecular weight is 311 g/mol. The van der Waals surface area contributed by atoms with Crippen molar-refractivity contribution in [2.24, 2.45) is 0 Å². The van der Waals surface area contributed by atoms with Crippen LogP contribution in [0.5, 0.6) is 5.88 Å². The van der Waals surface area contributed by atoms with Crippen molar-refractivity contribution in [2.45, 2.75) is 19.9 Å². The minimum Gasteiger partial charge on any atom is -0.479 e. The largest absolute Gasteiger partial charge is 0.479 e. The van der Waals surface area contributed by atoms with Gasteiger partial charge >= 0.3 is 5.97 Å². The van der Waals surface area contributed by atoms with Crippen LogP contribution in [0, 0.1) is 6.92 Å². The summed E-state index contributed by atoms with van der Waals surface area (Å²) in [5.74, 6) is -1.31. The minimum atomic E-state index is -1.03. The quantitative estimate of drug-likeness (QED) is 0.862. The number of amides is 1. The number of aryl methyl sites for hydroxylation is 1. The Morgan fingerprint density at radius 2 is 2.24 bits per heavy atom. The maximum Gasteiger partial charge on any atom is 0.347 e. The van der Waals surface area contributed by atoms with E-state index in [2.05, 4.69) is 15.5 Å². The third kappa shape index (κ3) is 3.19. The van der Waals surface area contributed by atoms with E-state index < -0.39 is 17.9 Å². The maximum atomic E-state index is 11.9. The van der Waals surface area contributed by atoms with Crippen molar-refractivity contribution in [2.75, 3.05) is 7.11 Å². The zero-order valence-corrected chi connectivity index (χ0v) is 12.4. The van der Waals surface area contributed by atoms with E-state index in [9.17, 15) is 9.59 Å². The topological polar surface area (TPSA) is 115 Å². The number of rotatable bonds is 5. The van der Waals surface area contributed by atoms with Crippen molar-refractivity contribution in [3.63, 3.8) is 0 Å². The van der Waals surface area contributed by atoms with E-state index in [-0.39, 0.29) is 16.5 Å². The molecule has 2 aromatic rings. The van der Waals surface area contributed by atoms with E-state index in [0.29, 0.717) is 10.7 Å². The summed E-state index contributed by atoms with van der Waals surface area (Å²) in [5, 5.41) is 15.7. The molecule has 2 N–H and O–H groups in total. The smallest absolute Gasteiger partial charge is 0.347 e. The predicted octanol–water partition coefficient (Wildman–Crippen LogP) is 1.64. The molecule has 2 aromatic heterocycles. The van der Waals surface area contributed by atoms with Crippen LogP contribution in [-0.2, 0) is 0 Å². The molecular formula is C12H13N3O5S. The van der Waals surface area contributed by atoms with E-state index in [1.165, 1.54) is 13.2 Å². The summed E-state index contributed by atoms with van der Waals surface area (Å²) >= 11 is 1.03. The number of ether oxygens (including phenoxy) is 1. The molecule has 0 aliphatic rings. The van der Waals surface area contributed by atoms with E-state index in [1.54, 1.807) is 13.8 Å². The predicted molar refractivity (Wildman–Crippen MR) is 72.7 cm³/mol. The standard InChI is InChI=1S/C12H13N3O5S/c1-5-9(12(17)18)21-11(14-5)6(2)13-10(16)7-4-8(19-3)15-20-7/h4,6H,1-3H3,(H,13,16)(H,17,18). The lowest BCUT2D eigenvalue weighted by molar-refractivity contribution is 0.0700. The number of carboxylic acid groups (broad SMARTS) is 1. The van der Waals surface area contributed by atoms with Crippen molar-refractivity contribution in [3.8, 4) is 5.88 Å². The Labute approximate surface area is 123 Å². The van der Waals surface area contributed by atoms with Crippen LogP contribution in [0.1, 0.15) is 43.9 Å². The second kappa shape index (κ2) is 5.92. The number of nitrogens with zero attached hydrogens (tertiary/aromatic N) is 2. The van der Waals surface area contributed by atoms with Gasteiger partial charge in [-0.25, -0.2) is 9.78 Å². The third-order valence-corrected chi connectivity index (χ3v) is 3.98. The number of carbonyl (C=O) groups is 2. The number of hydrogen-bond donors (Lipinski definition) is 2. The number of thiazole rings is 1. The molecule has 2 heterocycles. The van der Waals surface area contributed by atoms with Crippen LogP contribution in [0.25, 0.3) is 0 Å². The van der Waals surface area contributed by atoms with Gasteiger partial charge < -0.3 is 19.7 Å². The Bertz CT molecular complexity index is 678. The second-order valence-electron chi connectivity index (χ2n) is 4.20. The molecule has 1 amide bonds. The number of carbonyl (C=O) groups excluding carboxylic acids is 1. The van der Waals surface area contributed by atoms with Gasteiger partial charge in [0.05, 0.1) is 24.9 Å². The molecule has 0 aliphatic carbocycles. The fourth-order valence-electron chi connectivity index (χ4n) is 1.59. The van der Waals surface area contributed by atoms with Crippen molar-refractivity contribution >= 4 is 23.2 Å². The lowest BCUT2D eigenvalue weighted by Crippen LogP contribution is -2.26.